The molecule has 0 spiro atoms. The van der Waals surface area contributed by atoms with Crippen LogP contribution in [0.1, 0.15) is 35.7 Å². The lowest BCUT2D eigenvalue weighted by Gasteiger charge is -2.35. The number of fused-ring (bicyclic) bond motifs is 5. The van der Waals surface area contributed by atoms with Gasteiger partial charge >= 0.3 is 0 Å². The third kappa shape index (κ3) is 2.86. The fraction of sp³-hybridized carbons (Fsp3) is 0.308. The second kappa shape index (κ2) is 7.26. The fourth-order valence-electron chi connectivity index (χ4n) is 5.62. The SMILES string of the molecule is COc1ccc(-n2ncc3c2C[C@@H]2CC[C@H]3N2C(=O)Cc2cn(C)c3ccccc23)cc1. The van der Waals surface area contributed by atoms with E-state index in [1.807, 2.05) is 54.3 Å². The molecule has 2 aliphatic heterocycles. The van der Waals surface area contributed by atoms with Crippen LogP contribution in [-0.4, -0.2) is 38.3 Å². The lowest BCUT2D eigenvalue weighted by atomic mass is 9.98. The number of para-hydroxylation sites is 1. The summed E-state index contributed by atoms with van der Waals surface area (Å²) in [6.45, 7) is 0. The zero-order chi connectivity index (χ0) is 21.8. The second-order valence-corrected chi connectivity index (χ2v) is 8.87. The highest BCUT2D eigenvalue weighted by Gasteiger charge is 2.44. The van der Waals surface area contributed by atoms with Gasteiger partial charge < -0.3 is 14.2 Å². The highest BCUT2D eigenvalue weighted by molar-refractivity contribution is 5.89. The molecule has 0 unspecified atom stereocenters. The Bertz CT molecular complexity index is 1320. The normalized spacial score (nSPS) is 19.4. The van der Waals surface area contributed by atoms with Gasteiger partial charge in [0, 0.05) is 42.2 Å². The lowest BCUT2D eigenvalue weighted by molar-refractivity contribution is -0.134. The van der Waals surface area contributed by atoms with E-state index in [4.69, 9.17) is 9.84 Å². The maximum atomic E-state index is 13.5. The van der Waals surface area contributed by atoms with Gasteiger partial charge in [-0.15, -0.1) is 0 Å². The number of rotatable bonds is 4. The van der Waals surface area contributed by atoms with Crippen LogP contribution in [0.25, 0.3) is 16.6 Å². The number of carbonyl (C=O) groups is 1. The van der Waals surface area contributed by atoms with Crippen molar-refractivity contribution in [3.8, 4) is 11.4 Å². The summed E-state index contributed by atoms with van der Waals surface area (Å²) in [5.74, 6) is 1.05. The average molecular weight is 427 g/mol. The van der Waals surface area contributed by atoms with Crippen LogP contribution in [0.4, 0.5) is 0 Å². The topological polar surface area (TPSA) is 52.3 Å². The molecule has 4 heterocycles. The van der Waals surface area contributed by atoms with Gasteiger partial charge in [-0.1, -0.05) is 18.2 Å². The van der Waals surface area contributed by atoms with Gasteiger partial charge in [-0.3, -0.25) is 4.79 Å². The summed E-state index contributed by atoms with van der Waals surface area (Å²) in [4.78, 5) is 15.7. The Morgan fingerprint density at radius 1 is 1.12 bits per heavy atom. The Balaban J connectivity index is 1.30. The highest BCUT2D eigenvalue weighted by atomic mass is 16.5. The molecular weight excluding hydrogens is 400 g/mol. The minimum atomic E-state index is 0.123. The van der Waals surface area contributed by atoms with Crippen LogP contribution in [0, 0.1) is 0 Å². The molecule has 2 aliphatic rings. The van der Waals surface area contributed by atoms with Gasteiger partial charge in [0.05, 0.1) is 37.2 Å². The standard InChI is InChI=1S/C26H26N4O2/c1-28-16-17(21-5-3-4-6-23(21)28)13-26(31)29-19-9-12-24(29)22-15-27-30(25(22)14-19)18-7-10-20(32-2)11-8-18/h3-8,10-11,15-16,19,24H,9,12-14H2,1-2H3/t19-,24+/m0/s1. The smallest absolute Gasteiger partial charge is 0.227 e. The summed E-state index contributed by atoms with van der Waals surface area (Å²) in [7, 11) is 3.72. The largest absolute Gasteiger partial charge is 0.497 e. The monoisotopic (exact) mass is 426 g/mol. The molecule has 0 saturated carbocycles. The first-order chi connectivity index (χ1) is 15.6. The highest BCUT2D eigenvalue weighted by Crippen LogP contribution is 2.44. The van der Waals surface area contributed by atoms with E-state index in [0.29, 0.717) is 6.42 Å². The van der Waals surface area contributed by atoms with Crippen LogP contribution in [0.2, 0.25) is 0 Å². The lowest BCUT2D eigenvalue weighted by Crippen LogP contribution is -2.42. The number of ether oxygens (including phenoxy) is 1. The first-order valence-corrected chi connectivity index (χ1v) is 11.2. The molecule has 0 aliphatic carbocycles. The fourth-order valence-corrected chi connectivity index (χ4v) is 5.62. The molecule has 2 atom stereocenters. The van der Waals surface area contributed by atoms with E-state index in [0.717, 1.165) is 36.3 Å². The van der Waals surface area contributed by atoms with Crippen molar-refractivity contribution in [2.45, 2.75) is 37.8 Å². The number of hydrogen-bond acceptors (Lipinski definition) is 3. The average Bonchev–Trinajstić information content (AvgIpc) is 3.48. The van der Waals surface area contributed by atoms with Crippen molar-refractivity contribution in [3.63, 3.8) is 0 Å². The molecule has 6 rings (SSSR count). The van der Waals surface area contributed by atoms with Gasteiger partial charge in [0.25, 0.3) is 0 Å². The molecule has 32 heavy (non-hydrogen) atoms. The number of aryl methyl sites for hydroxylation is 1. The van der Waals surface area contributed by atoms with Gasteiger partial charge in [-0.2, -0.15) is 5.10 Å². The first kappa shape index (κ1) is 19.2. The maximum absolute atomic E-state index is 13.5. The Morgan fingerprint density at radius 2 is 1.94 bits per heavy atom. The number of hydrogen-bond donors (Lipinski definition) is 0. The minimum Gasteiger partial charge on any atom is -0.497 e. The molecule has 1 fully saturated rings. The number of aromatic nitrogens is 3. The van der Waals surface area contributed by atoms with E-state index in [1.165, 1.54) is 22.2 Å². The molecule has 0 radical (unpaired) electrons. The minimum absolute atomic E-state index is 0.123. The molecule has 6 nitrogen and oxygen atoms in total. The van der Waals surface area contributed by atoms with Gasteiger partial charge in [0.15, 0.2) is 0 Å². The predicted octanol–water partition coefficient (Wildman–Crippen LogP) is 4.20. The van der Waals surface area contributed by atoms with Crippen molar-refractivity contribution in [2.75, 3.05) is 7.11 Å². The number of nitrogens with zero attached hydrogens (tertiary/aromatic N) is 4. The van der Waals surface area contributed by atoms with E-state index in [2.05, 4.69) is 27.8 Å². The zero-order valence-corrected chi connectivity index (χ0v) is 18.4. The Morgan fingerprint density at radius 3 is 2.75 bits per heavy atom. The molecule has 2 aromatic heterocycles. The van der Waals surface area contributed by atoms with Crippen LogP contribution in [-0.2, 0) is 24.7 Å². The van der Waals surface area contributed by atoms with Gasteiger partial charge in [-0.25, -0.2) is 4.68 Å². The van der Waals surface area contributed by atoms with Crippen LogP contribution in [0.15, 0.2) is 60.9 Å². The number of benzene rings is 2. The van der Waals surface area contributed by atoms with Crippen molar-refractivity contribution >= 4 is 16.8 Å². The summed E-state index contributed by atoms with van der Waals surface area (Å²) in [6, 6.07) is 16.6. The molecule has 162 valence electrons. The molecule has 2 bridgehead atoms. The zero-order valence-electron chi connectivity index (χ0n) is 18.4. The Labute approximate surface area is 187 Å². The summed E-state index contributed by atoms with van der Waals surface area (Å²) < 4.78 is 9.43. The molecule has 2 aromatic carbocycles. The Kier molecular flexibility index (Phi) is 4.35. The number of amides is 1. The summed E-state index contributed by atoms with van der Waals surface area (Å²) >= 11 is 0. The van der Waals surface area contributed by atoms with Gasteiger partial charge in [-0.05, 0) is 48.7 Å². The van der Waals surface area contributed by atoms with Gasteiger partial charge in [0.2, 0.25) is 5.91 Å². The quantitative estimate of drug-likeness (QED) is 0.491. The summed E-state index contributed by atoms with van der Waals surface area (Å²) in [6.07, 6.45) is 7.40. The summed E-state index contributed by atoms with van der Waals surface area (Å²) in [5, 5.41) is 5.87. The molecular formula is C26H26N4O2. The molecule has 6 heteroatoms. The number of carbonyl (C=O) groups excluding carboxylic acids is 1. The molecule has 4 aromatic rings. The third-order valence-corrected chi connectivity index (χ3v) is 7.12. The Hall–Kier alpha value is -3.54. The van der Waals surface area contributed by atoms with Gasteiger partial charge in [0.1, 0.15) is 5.75 Å². The van der Waals surface area contributed by atoms with E-state index < -0.39 is 0 Å². The van der Waals surface area contributed by atoms with Crippen molar-refractivity contribution < 1.29 is 9.53 Å². The predicted molar refractivity (Wildman–Crippen MR) is 123 cm³/mol. The van der Waals surface area contributed by atoms with Crippen molar-refractivity contribution in [3.05, 3.63) is 77.7 Å². The van der Waals surface area contributed by atoms with Crippen LogP contribution in [0.5, 0.6) is 5.75 Å². The van der Waals surface area contributed by atoms with E-state index in [9.17, 15) is 4.79 Å². The third-order valence-electron chi connectivity index (χ3n) is 7.12. The molecule has 1 amide bonds. The van der Waals surface area contributed by atoms with E-state index >= 15 is 0 Å². The van der Waals surface area contributed by atoms with E-state index in [-0.39, 0.29) is 18.0 Å². The van der Waals surface area contributed by atoms with Crippen molar-refractivity contribution in [2.24, 2.45) is 7.05 Å². The summed E-state index contributed by atoms with van der Waals surface area (Å²) in [5.41, 5.74) is 5.73. The van der Waals surface area contributed by atoms with E-state index in [1.54, 1.807) is 7.11 Å². The maximum Gasteiger partial charge on any atom is 0.227 e. The molecule has 0 N–H and O–H groups in total. The molecule has 1 saturated heterocycles. The number of methoxy groups -OCH3 is 1. The second-order valence-electron chi connectivity index (χ2n) is 8.87. The van der Waals surface area contributed by atoms with Crippen molar-refractivity contribution in [1.29, 1.82) is 0 Å². The van der Waals surface area contributed by atoms with Crippen LogP contribution < -0.4 is 4.74 Å². The van der Waals surface area contributed by atoms with Crippen LogP contribution in [0.3, 0.4) is 0 Å². The first-order valence-electron chi connectivity index (χ1n) is 11.2. The van der Waals surface area contributed by atoms with Crippen LogP contribution >= 0.6 is 0 Å². The van der Waals surface area contributed by atoms with Crippen molar-refractivity contribution in [1.82, 2.24) is 19.2 Å².